The van der Waals surface area contributed by atoms with Gasteiger partial charge in [-0.25, -0.2) is 4.39 Å². The average molecular weight is 391 g/mol. The van der Waals surface area contributed by atoms with Crippen molar-refractivity contribution >= 4 is 17.5 Å². The van der Waals surface area contributed by atoms with Crippen LogP contribution in [0.25, 0.3) is 0 Å². The van der Waals surface area contributed by atoms with Crippen molar-refractivity contribution in [1.82, 2.24) is 15.1 Å². The van der Waals surface area contributed by atoms with Crippen LogP contribution < -0.4 is 10.2 Å². The summed E-state index contributed by atoms with van der Waals surface area (Å²) in [4.78, 5) is 16.4. The van der Waals surface area contributed by atoms with Gasteiger partial charge in [-0.3, -0.25) is 4.79 Å². The van der Waals surface area contributed by atoms with E-state index in [1.54, 1.807) is 17.0 Å². The first-order valence-electron chi connectivity index (χ1n) is 9.60. The molecule has 3 aromatic rings. The summed E-state index contributed by atoms with van der Waals surface area (Å²) < 4.78 is 13.4. The Kier molecular flexibility index (Phi) is 5.65. The molecule has 0 saturated carbocycles. The number of hydrogen-bond acceptors (Lipinski definition) is 5. The van der Waals surface area contributed by atoms with Crippen LogP contribution in [0, 0.1) is 5.82 Å². The molecule has 2 aromatic carbocycles. The topological polar surface area (TPSA) is 61.4 Å². The van der Waals surface area contributed by atoms with Crippen LogP contribution in [-0.4, -0.2) is 47.2 Å². The molecule has 0 unspecified atom stereocenters. The Labute approximate surface area is 169 Å². The van der Waals surface area contributed by atoms with Crippen LogP contribution >= 0.6 is 0 Å². The second-order valence-electron chi connectivity index (χ2n) is 6.91. The van der Waals surface area contributed by atoms with Crippen molar-refractivity contribution in [1.29, 1.82) is 0 Å². The van der Waals surface area contributed by atoms with Gasteiger partial charge in [0.2, 0.25) is 0 Å². The lowest BCUT2D eigenvalue weighted by atomic mass is 10.1. The van der Waals surface area contributed by atoms with E-state index in [-0.39, 0.29) is 5.91 Å². The predicted molar refractivity (Wildman–Crippen MR) is 110 cm³/mol. The van der Waals surface area contributed by atoms with Gasteiger partial charge < -0.3 is 15.1 Å². The molecule has 1 fully saturated rings. The lowest BCUT2D eigenvalue weighted by molar-refractivity contribution is 0.0746. The molecule has 1 aromatic heterocycles. The summed E-state index contributed by atoms with van der Waals surface area (Å²) in [5, 5.41) is 11.8. The highest BCUT2D eigenvalue weighted by Gasteiger charge is 2.23. The Morgan fingerprint density at radius 3 is 2.41 bits per heavy atom. The molecule has 148 valence electrons. The number of aromatic nitrogens is 2. The minimum atomic E-state index is -0.397. The third-order valence-electron chi connectivity index (χ3n) is 4.93. The van der Waals surface area contributed by atoms with Crippen molar-refractivity contribution in [3.05, 3.63) is 83.7 Å². The summed E-state index contributed by atoms with van der Waals surface area (Å²) in [7, 11) is 0. The number of halogens is 1. The van der Waals surface area contributed by atoms with Gasteiger partial charge in [0.1, 0.15) is 11.6 Å². The molecule has 0 aliphatic carbocycles. The lowest BCUT2D eigenvalue weighted by Crippen LogP contribution is -2.49. The van der Waals surface area contributed by atoms with Crippen molar-refractivity contribution in [3.8, 4) is 0 Å². The summed E-state index contributed by atoms with van der Waals surface area (Å²) in [5.74, 6) is 0.965. The quantitative estimate of drug-likeness (QED) is 0.724. The minimum Gasteiger partial charge on any atom is -0.365 e. The average Bonchev–Trinajstić information content (AvgIpc) is 2.78. The Morgan fingerprint density at radius 1 is 0.931 bits per heavy atom. The Balaban J connectivity index is 1.31. The van der Waals surface area contributed by atoms with Crippen LogP contribution in [0.5, 0.6) is 0 Å². The van der Waals surface area contributed by atoms with E-state index < -0.39 is 5.82 Å². The van der Waals surface area contributed by atoms with Crippen LogP contribution in [0.15, 0.2) is 66.7 Å². The molecule has 4 rings (SSSR count). The number of nitrogens with zero attached hydrogens (tertiary/aromatic N) is 4. The number of rotatable bonds is 5. The van der Waals surface area contributed by atoms with Crippen molar-refractivity contribution in [2.24, 2.45) is 0 Å². The number of piperazine rings is 1. The van der Waals surface area contributed by atoms with E-state index in [9.17, 15) is 9.18 Å². The maximum Gasteiger partial charge on any atom is 0.254 e. The van der Waals surface area contributed by atoms with E-state index in [1.165, 1.54) is 17.7 Å². The summed E-state index contributed by atoms with van der Waals surface area (Å²) >= 11 is 0. The molecule has 0 spiro atoms. The molecule has 1 amide bonds. The van der Waals surface area contributed by atoms with E-state index in [1.807, 2.05) is 30.3 Å². The van der Waals surface area contributed by atoms with Crippen molar-refractivity contribution < 1.29 is 9.18 Å². The van der Waals surface area contributed by atoms with Gasteiger partial charge in [-0.05, 0) is 35.9 Å². The number of carbonyl (C=O) groups excluding carboxylic acids is 1. The first-order valence-corrected chi connectivity index (χ1v) is 9.60. The normalized spacial score (nSPS) is 14.0. The van der Waals surface area contributed by atoms with Crippen LogP contribution in [0.3, 0.4) is 0 Å². The monoisotopic (exact) mass is 391 g/mol. The highest BCUT2D eigenvalue weighted by molar-refractivity contribution is 5.94. The Hall–Kier alpha value is -3.48. The fourth-order valence-corrected chi connectivity index (χ4v) is 3.32. The summed E-state index contributed by atoms with van der Waals surface area (Å²) in [5.41, 5.74) is 1.56. The van der Waals surface area contributed by atoms with Crippen LogP contribution in [0.2, 0.25) is 0 Å². The third-order valence-corrected chi connectivity index (χ3v) is 4.93. The van der Waals surface area contributed by atoms with E-state index >= 15 is 0 Å². The van der Waals surface area contributed by atoms with Gasteiger partial charge in [0.05, 0.1) is 0 Å². The molecule has 0 bridgehead atoms. The number of amides is 1. The smallest absolute Gasteiger partial charge is 0.254 e. The number of benzene rings is 2. The highest BCUT2D eigenvalue weighted by atomic mass is 19.1. The lowest BCUT2D eigenvalue weighted by Gasteiger charge is -2.35. The fraction of sp³-hybridized carbons (Fsp3) is 0.227. The highest BCUT2D eigenvalue weighted by Crippen LogP contribution is 2.16. The fourth-order valence-electron chi connectivity index (χ4n) is 3.32. The molecule has 1 aliphatic rings. The summed E-state index contributed by atoms with van der Waals surface area (Å²) in [6, 6.07) is 19.8. The molecule has 1 N–H and O–H groups in total. The van der Waals surface area contributed by atoms with Gasteiger partial charge >= 0.3 is 0 Å². The molecule has 0 atom stereocenters. The van der Waals surface area contributed by atoms with Gasteiger partial charge in [0.25, 0.3) is 5.91 Å². The molecule has 1 saturated heterocycles. The molecule has 0 radical (unpaired) electrons. The maximum atomic E-state index is 13.4. The molecule has 29 heavy (non-hydrogen) atoms. The molecule has 1 aliphatic heterocycles. The van der Waals surface area contributed by atoms with Gasteiger partial charge in [-0.2, -0.15) is 0 Å². The van der Waals surface area contributed by atoms with Gasteiger partial charge in [-0.1, -0.05) is 36.4 Å². The van der Waals surface area contributed by atoms with Gasteiger partial charge in [0.15, 0.2) is 5.82 Å². The maximum absolute atomic E-state index is 13.4. The molecule has 2 heterocycles. The van der Waals surface area contributed by atoms with Gasteiger partial charge in [0, 0.05) is 38.3 Å². The standard InChI is InChI=1S/C22H22FN5O/c23-19-8-4-7-18(15-19)22(29)28-13-11-27(12-14-28)21-10-9-20(25-26-21)24-16-17-5-2-1-3-6-17/h1-10,15H,11-14,16H2,(H,24,25). The summed E-state index contributed by atoms with van der Waals surface area (Å²) in [6.07, 6.45) is 0. The van der Waals surface area contributed by atoms with E-state index in [0.29, 0.717) is 38.3 Å². The summed E-state index contributed by atoms with van der Waals surface area (Å²) in [6.45, 7) is 3.13. The van der Waals surface area contributed by atoms with Crippen LogP contribution in [0.1, 0.15) is 15.9 Å². The molecular weight excluding hydrogens is 369 g/mol. The van der Waals surface area contributed by atoms with E-state index in [2.05, 4.69) is 32.5 Å². The van der Waals surface area contributed by atoms with Crippen LogP contribution in [-0.2, 0) is 6.54 Å². The zero-order chi connectivity index (χ0) is 20.1. The first-order chi connectivity index (χ1) is 14.2. The van der Waals surface area contributed by atoms with Crippen molar-refractivity contribution in [2.75, 3.05) is 36.4 Å². The first kappa shape index (κ1) is 18.9. The van der Waals surface area contributed by atoms with Gasteiger partial charge in [-0.15, -0.1) is 10.2 Å². The van der Waals surface area contributed by atoms with E-state index in [0.717, 1.165) is 11.6 Å². The predicted octanol–water partition coefficient (Wildman–Crippen LogP) is 3.19. The Bertz CT molecular complexity index is 956. The zero-order valence-corrected chi connectivity index (χ0v) is 16.0. The SMILES string of the molecule is O=C(c1cccc(F)c1)N1CCN(c2ccc(NCc3ccccc3)nn2)CC1. The zero-order valence-electron chi connectivity index (χ0n) is 16.0. The molecule has 7 heteroatoms. The van der Waals surface area contributed by atoms with Crippen molar-refractivity contribution in [3.63, 3.8) is 0 Å². The Morgan fingerprint density at radius 2 is 1.72 bits per heavy atom. The number of anilines is 2. The minimum absolute atomic E-state index is 0.143. The molecular formula is C22H22FN5O. The number of hydrogen-bond donors (Lipinski definition) is 1. The second kappa shape index (κ2) is 8.68. The largest absolute Gasteiger partial charge is 0.365 e. The van der Waals surface area contributed by atoms with Crippen molar-refractivity contribution in [2.45, 2.75) is 6.54 Å². The van der Waals surface area contributed by atoms with Crippen LogP contribution in [0.4, 0.5) is 16.0 Å². The number of carbonyl (C=O) groups is 1. The molecule has 6 nitrogen and oxygen atoms in total. The number of nitrogens with one attached hydrogen (secondary N) is 1. The third kappa shape index (κ3) is 4.68. The second-order valence-corrected chi connectivity index (χ2v) is 6.91. The van der Waals surface area contributed by atoms with E-state index in [4.69, 9.17) is 0 Å².